The summed E-state index contributed by atoms with van der Waals surface area (Å²) in [6.07, 6.45) is 5.05. The molecule has 0 aromatic carbocycles. The normalized spacial score (nSPS) is 31.3. The lowest BCUT2D eigenvalue weighted by Gasteiger charge is -2.38. The van der Waals surface area contributed by atoms with Crippen molar-refractivity contribution in [3.05, 3.63) is 60.8 Å². The number of aliphatic hydroxyl groups is 7. The SMILES string of the molecule is CCCCC/C=C\C/C=C\C/C=C\C/C=C\CCCC(=O)O[C@@H]1COC(=O)CCCCC(=O)C[C@@H]2[C@@H](O)[C@H](O)[C@@H](O)[C@H](OP(=O)(O)OC1)[C@H](OP(=O)(O)O)[C@H](O)[C@@H](/C=C/[C@@H](O)CCCCC)[C@H](O)C[C@@H]2O. The van der Waals surface area contributed by atoms with Gasteiger partial charge in [0.15, 0.2) is 6.10 Å². The second-order valence-corrected chi connectivity index (χ2v) is 20.7. The second-order valence-electron chi connectivity index (χ2n) is 18.1. The minimum Gasteiger partial charge on any atom is -0.462 e. The minimum atomic E-state index is -5.82. The van der Waals surface area contributed by atoms with E-state index in [1.165, 1.54) is 19.3 Å². The van der Waals surface area contributed by atoms with Crippen molar-refractivity contribution in [1.82, 2.24) is 0 Å². The zero-order chi connectivity index (χ0) is 52.8. The van der Waals surface area contributed by atoms with Crippen LogP contribution in [0, 0.1) is 11.8 Å². The van der Waals surface area contributed by atoms with Crippen molar-refractivity contribution in [3.63, 3.8) is 0 Å². The van der Waals surface area contributed by atoms with Crippen molar-refractivity contribution >= 4 is 33.4 Å². The van der Waals surface area contributed by atoms with Gasteiger partial charge in [0.05, 0.1) is 37.1 Å². The Hall–Kier alpha value is -2.75. The molecule has 0 spiro atoms. The van der Waals surface area contributed by atoms with Gasteiger partial charge in [-0.15, -0.1) is 0 Å². The van der Waals surface area contributed by atoms with Crippen LogP contribution in [0.25, 0.3) is 0 Å². The number of fused-ring (bicyclic) bond motifs is 4. The number of cyclic esters (lactones) is 1. The molecule has 1 saturated carbocycles. The van der Waals surface area contributed by atoms with Crippen molar-refractivity contribution < 1.29 is 97.0 Å². The molecular weight excluding hydrogens is 970 g/mol. The maximum Gasteiger partial charge on any atom is 0.472 e. The van der Waals surface area contributed by atoms with Gasteiger partial charge in [0.1, 0.15) is 36.8 Å². The first-order valence-corrected chi connectivity index (χ1v) is 28.0. The summed E-state index contributed by atoms with van der Waals surface area (Å²) < 4.78 is 52.1. The Morgan fingerprint density at radius 1 is 0.775 bits per heavy atom. The van der Waals surface area contributed by atoms with E-state index in [1.54, 1.807) is 0 Å². The highest BCUT2D eigenvalue weighted by atomic mass is 31.2. The van der Waals surface area contributed by atoms with Crippen LogP contribution in [0.3, 0.4) is 0 Å². The van der Waals surface area contributed by atoms with Crippen LogP contribution < -0.4 is 0 Å². The van der Waals surface area contributed by atoms with Crippen LogP contribution in [0.1, 0.15) is 142 Å². The molecule has 0 amide bonds. The van der Waals surface area contributed by atoms with E-state index in [2.05, 4.69) is 31.2 Å². The van der Waals surface area contributed by atoms with Crippen molar-refractivity contribution in [2.45, 2.75) is 203 Å². The molecule has 2 bridgehead atoms. The molecule has 2 fully saturated rings. The van der Waals surface area contributed by atoms with Crippen LogP contribution in [-0.2, 0) is 46.6 Å². The van der Waals surface area contributed by atoms with Crippen LogP contribution in [0.15, 0.2) is 60.8 Å². The van der Waals surface area contributed by atoms with Gasteiger partial charge in [0.25, 0.3) is 0 Å². The van der Waals surface area contributed by atoms with E-state index in [0.717, 1.165) is 44.3 Å². The van der Waals surface area contributed by atoms with Gasteiger partial charge in [-0.25, -0.2) is 9.13 Å². The van der Waals surface area contributed by atoms with Crippen LogP contribution in [0.4, 0.5) is 0 Å². The third-order valence-electron chi connectivity index (χ3n) is 12.0. The molecule has 1 saturated heterocycles. The van der Waals surface area contributed by atoms with Crippen LogP contribution in [0.5, 0.6) is 0 Å². The third kappa shape index (κ3) is 27.4. The summed E-state index contributed by atoms with van der Waals surface area (Å²) >= 11 is 0. The number of phosphoric ester groups is 2. The fraction of sp³-hybridized carbons (Fsp3) is 0.735. The Morgan fingerprint density at radius 2 is 1.37 bits per heavy atom. The average molecular weight is 1050 g/mol. The fourth-order valence-corrected chi connectivity index (χ4v) is 9.54. The van der Waals surface area contributed by atoms with E-state index in [9.17, 15) is 73.9 Å². The van der Waals surface area contributed by atoms with Gasteiger partial charge < -0.3 is 59.9 Å². The summed E-state index contributed by atoms with van der Waals surface area (Å²) in [5.74, 6) is -5.68. The van der Waals surface area contributed by atoms with E-state index >= 15 is 0 Å². The number of Topliss-reactive ketones (excluding diaryl/α,β-unsaturated/α-hetero) is 1. The van der Waals surface area contributed by atoms with Crippen molar-refractivity contribution in [3.8, 4) is 0 Å². The number of allylic oxidation sites excluding steroid dienone is 8. The molecular formula is C49H82O20P2. The highest BCUT2D eigenvalue weighted by Gasteiger charge is 2.52. The predicted molar refractivity (Wildman–Crippen MR) is 262 cm³/mol. The Labute approximate surface area is 418 Å². The van der Waals surface area contributed by atoms with Crippen LogP contribution >= 0.6 is 15.6 Å². The molecule has 0 aromatic rings. The largest absolute Gasteiger partial charge is 0.472 e. The van der Waals surface area contributed by atoms with Crippen molar-refractivity contribution in [2.75, 3.05) is 13.2 Å². The summed E-state index contributed by atoms with van der Waals surface area (Å²) in [5.41, 5.74) is 0. The van der Waals surface area contributed by atoms with Gasteiger partial charge in [-0.05, 0) is 64.2 Å². The van der Waals surface area contributed by atoms with Gasteiger partial charge >= 0.3 is 27.6 Å². The molecule has 1 unspecified atom stereocenters. The Morgan fingerprint density at radius 3 is 1.99 bits per heavy atom. The third-order valence-corrected chi connectivity index (χ3v) is 13.5. The molecule has 1 heterocycles. The first kappa shape index (κ1) is 64.4. The summed E-state index contributed by atoms with van der Waals surface area (Å²) in [5, 5.41) is 79.8. The number of esters is 2. The van der Waals surface area contributed by atoms with E-state index in [1.807, 2.05) is 31.2 Å². The van der Waals surface area contributed by atoms with Gasteiger partial charge in [-0.2, -0.15) is 0 Å². The predicted octanol–water partition coefficient (Wildman–Crippen LogP) is 5.40. The number of aliphatic hydroxyl groups excluding tert-OH is 7. The van der Waals surface area contributed by atoms with E-state index in [4.69, 9.17) is 23.0 Å². The molecule has 2 aliphatic rings. The number of carbonyl (C=O) groups is 3. The number of rotatable bonds is 23. The number of phosphoric acid groups is 2. The molecule has 408 valence electrons. The number of unbranched alkanes of at least 4 members (excludes halogenated alkanes) is 6. The van der Waals surface area contributed by atoms with Crippen molar-refractivity contribution in [1.29, 1.82) is 0 Å². The fourth-order valence-electron chi connectivity index (χ4n) is 8.01. The molecule has 0 aromatic heterocycles. The first-order valence-electron chi connectivity index (χ1n) is 25.0. The molecule has 1 aliphatic heterocycles. The average Bonchev–Trinajstić information content (AvgIpc) is 3.31. The molecule has 0 radical (unpaired) electrons. The minimum absolute atomic E-state index is 0.103. The van der Waals surface area contributed by atoms with Gasteiger partial charge in [0, 0.05) is 43.9 Å². The van der Waals surface area contributed by atoms with E-state index < -0.39 is 132 Å². The number of ketones is 1. The van der Waals surface area contributed by atoms with Crippen molar-refractivity contribution in [2.24, 2.45) is 11.8 Å². The number of ether oxygens (including phenoxy) is 2. The van der Waals surface area contributed by atoms with E-state index in [0.29, 0.717) is 25.7 Å². The molecule has 1 aliphatic carbocycles. The lowest BCUT2D eigenvalue weighted by atomic mass is 9.82. The van der Waals surface area contributed by atoms with Gasteiger partial charge in [0.2, 0.25) is 0 Å². The molecule has 10 N–H and O–H groups in total. The van der Waals surface area contributed by atoms with Gasteiger partial charge in [-0.3, -0.25) is 28.0 Å². The molecule has 2 rings (SSSR count). The number of carbonyl (C=O) groups excluding carboxylic acids is 3. The lowest BCUT2D eigenvalue weighted by molar-refractivity contribution is -0.166. The summed E-state index contributed by atoms with van der Waals surface area (Å²) in [6, 6.07) is 0. The van der Waals surface area contributed by atoms with Gasteiger partial charge in [-0.1, -0.05) is 107 Å². The molecule has 13 atom stereocenters. The maximum atomic E-state index is 13.8. The number of hydrogen-bond donors (Lipinski definition) is 10. The highest BCUT2D eigenvalue weighted by Crippen LogP contribution is 2.50. The van der Waals surface area contributed by atoms with E-state index in [-0.39, 0.29) is 38.5 Å². The van der Waals surface area contributed by atoms with Crippen LogP contribution in [-0.4, -0.2) is 142 Å². The topological polar surface area (TPSA) is 334 Å². The smallest absolute Gasteiger partial charge is 0.462 e. The molecule has 22 heteroatoms. The second kappa shape index (κ2) is 35.4. The standard InChI is InChI=1S/C49H82O20P2/c1-3-5-7-8-9-10-11-12-13-14-15-16-17-18-19-20-22-28-43(55)67-37-33-65-42(54)27-24-23-26-36(51)31-39-41(53)32-40(52)38(30-29-35(50)25-21-6-4-2)45(57)48(68-70(60,61)62)49(47(59)46(58)44(39)56)69-71(63,64)66-34-37/h9-10,12-13,15-16,18-19,29-30,35,37-41,44-50,52-53,56-59H,3-8,11,14,17,20-28,31-34H2,1-2H3,(H,63,64)(H2,60,61,62)/b10-9-,13-12-,16-15-,19-18-,30-29+/t35-,37+,38-,39-,40+,41-,44+,45+,46-,47+,48+,49-/m0/s1. The zero-order valence-corrected chi connectivity index (χ0v) is 43.0. The Kier molecular flexibility index (Phi) is 32.1. The summed E-state index contributed by atoms with van der Waals surface area (Å²) in [7, 11) is -11.6. The zero-order valence-electron chi connectivity index (χ0n) is 41.2. The number of hydrogen-bond acceptors (Lipinski definition) is 17. The monoisotopic (exact) mass is 1050 g/mol. The molecule has 71 heavy (non-hydrogen) atoms. The lowest BCUT2D eigenvalue weighted by Crippen LogP contribution is -2.56. The quantitative estimate of drug-likeness (QED) is 0.0265. The summed E-state index contributed by atoms with van der Waals surface area (Å²) in [4.78, 5) is 70.0. The Balaban J connectivity index is 2.38. The molecule has 20 nitrogen and oxygen atoms in total. The first-order chi connectivity index (χ1) is 33.7. The maximum absolute atomic E-state index is 13.8. The van der Waals surface area contributed by atoms with Crippen LogP contribution in [0.2, 0.25) is 0 Å². The Bertz CT molecular complexity index is 1780. The highest BCUT2D eigenvalue weighted by molar-refractivity contribution is 7.47. The summed E-state index contributed by atoms with van der Waals surface area (Å²) in [6.45, 7) is 2.38.